The molecule has 2 nitrogen and oxygen atoms in total. The summed E-state index contributed by atoms with van der Waals surface area (Å²) in [6.07, 6.45) is 3.09. The van der Waals surface area contributed by atoms with Crippen LogP contribution in [0.25, 0.3) is 0 Å². The van der Waals surface area contributed by atoms with Crippen molar-refractivity contribution < 1.29 is 4.39 Å². The highest BCUT2D eigenvalue weighted by molar-refractivity contribution is 9.10. The van der Waals surface area contributed by atoms with Gasteiger partial charge in [0, 0.05) is 22.7 Å². The molecule has 0 amide bonds. The third kappa shape index (κ3) is 3.81. The minimum Gasteiger partial charge on any atom is -0.327 e. The summed E-state index contributed by atoms with van der Waals surface area (Å²) in [5.74, 6) is -0.203. The Hall–Kier alpha value is -0.910. The van der Waals surface area contributed by atoms with E-state index in [2.05, 4.69) is 20.9 Å². The normalized spacial score (nSPS) is 12.4. The first-order valence-electron chi connectivity index (χ1n) is 6.43. The van der Waals surface area contributed by atoms with Crippen LogP contribution < -0.4 is 5.73 Å². The quantitative estimate of drug-likeness (QED) is 0.863. The summed E-state index contributed by atoms with van der Waals surface area (Å²) in [6.45, 7) is 2.01. The Morgan fingerprint density at radius 1 is 1.35 bits per heavy atom. The molecule has 0 aliphatic rings. The van der Waals surface area contributed by atoms with Crippen molar-refractivity contribution in [3.63, 3.8) is 0 Å². The molecule has 0 saturated heterocycles. The zero-order chi connectivity index (χ0) is 14.5. The van der Waals surface area contributed by atoms with Gasteiger partial charge in [0.1, 0.15) is 10.8 Å². The fraction of sp³-hybridized carbons (Fsp3) is 0.267. The molecule has 0 fully saturated rings. The number of rotatable bonds is 5. The molecule has 20 heavy (non-hydrogen) atoms. The molecule has 1 aromatic carbocycles. The zero-order valence-electron chi connectivity index (χ0n) is 11.1. The second-order valence-corrected chi connectivity index (χ2v) is 6.37. The Morgan fingerprint density at radius 2 is 2.15 bits per heavy atom. The average Bonchev–Trinajstić information content (AvgIpc) is 2.44. The molecule has 5 heteroatoms. The topological polar surface area (TPSA) is 38.9 Å². The number of benzene rings is 1. The molecule has 1 aromatic heterocycles. The van der Waals surface area contributed by atoms with E-state index in [9.17, 15) is 4.39 Å². The van der Waals surface area contributed by atoms with Crippen LogP contribution in [0.5, 0.6) is 0 Å². The van der Waals surface area contributed by atoms with E-state index >= 15 is 0 Å². The van der Waals surface area contributed by atoms with E-state index in [-0.39, 0.29) is 11.9 Å². The second-order valence-electron chi connectivity index (χ2n) is 4.48. The van der Waals surface area contributed by atoms with Gasteiger partial charge >= 0.3 is 0 Å². The van der Waals surface area contributed by atoms with Gasteiger partial charge in [0.25, 0.3) is 0 Å². The first-order chi connectivity index (χ1) is 9.61. The van der Waals surface area contributed by atoms with Crippen molar-refractivity contribution in [3.8, 4) is 0 Å². The van der Waals surface area contributed by atoms with E-state index in [0.29, 0.717) is 12.0 Å². The zero-order valence-corrected chi connectivity index (χ0v) is 13.5. The van der Waals surface area contributed by atoms with Crippen molar-refractivity contribution in [2.45, 2.75) is 35.7 Å². The predicted molar refractivity (Wildman–Crippen MR) is 84.4 cm³/mol. The Kier molecular flexibility index (Phi) is 5.57. The summed E-state index contributed by atoms with van der Waals surface area (Å²) in [6, 6.07) is 8.86. The lowest BCUT2D eigenvalue weighted by Crippen LogP contribution is -2.22. The van der Waals surface area contributed by atoms with Crippen LogP contribution in [0.15, 0.2) is 50.9 Å². The number of aromatic nitrogens is 1. The van der Waals surface area contributed by atoms with Gasteiger partial charge in [-0.3, -0.25) is 0 Å². The van der Waals surface area contributed by atoms with Gasteiger partial charge in [-0.25, -0.2) is 9.37 Å². The summed E-state index contributed by atoms with van der Waals surface area (Å²) >= 11 is 4.91. The molecule has 2 rings (SSSR count). The molecule has 1 atom stereocenters. The third-order valence-electron chi connectivity index (χ3n) is 3.00. The Labute approximate surface area is 131 Å². The number of pyridine rings is 1. The van der Waals surface area contributed by atoms with E-state index in [1.165, 1.54) is 17.8 Å². The fourth-order valence-electron chi connectivity index (χ4n) is 1.79. The van der Waals surface area contributed by atoms with E-state index in [4.69, 9.17) is 5.73 Å². The van der Waals surface area contributed by atoms with Gasteiger partial charge in [-0.15, -0.1) is 0 Å². The lowest BCUT2D eigenvalue weighted by Gasteiger charge is -2.14. The molecular weight excluding hydrogens is 339 g/mol. The van der Waals surface area contributed by atoms with Gasteiger partial charge in [0.05, 0.1) is 4.47 Å². The Balaban J connectivity index is 2.32. The summed E-state index contributed by atoms with van der Waals surface area (Å²) in [4.78, 5) is 5.17. The van der Waals surface area contributed by atoms with Gasteiger partial charge in [0.15, 0.2) is 0 Å². The highest BCUT2D eigenvalue weighted by Gasteiger charge is 2.14. The SMILES string of the molecule is CCC(N)Cc1c(F)cccc1Sc1ncccc1Br. The maximum absolute atomic E-state index is 14.0. The van der Waals surface area contributed by atoms with Gasteiger partial charge in [0.2, 0.25) is 0 Å². The van der Waals surface area contributed by atoms with Crippen molar-refractivity contribution in [2.24, 2.45) is 5.73 Å². The molecule has 0 spiro atoms. The van der Waals surface area contributed by atoms with Gasteiger partial charge in [-0.05, 0) is 53.0 Å². The lowest BCUT2D eigenvalue weighted by molar-refractivity contribution is 0.571. The number of hydrogen-bond acceptors (Lipinski definition) is 3. The van der Waals surface area contributed by atoms with Gasteiger partial charge in [-0.2, -0.15) is 0 Å². The average molecular weight is 355 g/mol. The highest BCUT2D eigenvalue weighted by Crippen LogP contribution is 2.34. The number of halogens is 2. The predicted octanol–water partition coefficient (Wildman–Crippen LogP) is 4.41. The van der Waals surface area contributed by atoms with Crippen molar-refractivity contribution in [3.05, 3.63) is 52.4 Å². The maximum Gasteiger partial charge on any atom is 0.127 e. The summed E-state index contributed by atoms with van der Waals surface area (Å²) in [7, 11) is 0. The molecule has 0 bridgehead atoms. The first-order valence-corrected chi connectivity index (χ1v) is 8.04. The molecular formula is C15H16BrFN2S. The largest absolute Gasteiger partial charge is 0.327 e. The minimum atomic E-state index is -0.203. The summed E-state index contributed by atoms with van der Waals surface area (Å²) in [5, 5.41) is 0.824. The molecule has 1 unspecified atom stereocenters. The van der Waals surface area contributed by atoms with Crippen molar-refractivity contribution >= 4 is 27.7 Å². The van der Waals surface area contributed by atoms with Crippen LogP contribution in [0.2, 0.25) is 0 Å². The van der Waals surface area contributed by atoms with Crippen molar-refractivity contribution in [1.29, 1.82) is 0 Å². The van der Waals surface area contributed by atoms with E-state index in [0.717, 1.165) is 20.8 Å². The van der Waals surface area contributed by atoms with E-state index in [1.54, 1.807) is 12.3 Å². The first kappa shape index (κ1) is 15.5. The maximum atomic E-state index is 14.0. The molecule has 2 aromatic rings. The standard InChI is InChI=1S/C15H16BrFN2S/c1-2-10(18)9-11-13(17)6-3-7-14(11)20-15-12(16)5-4-8-19-15/h3-8,10H,2,9,18H2,1H3. The highest BCUT2D eigenvalue weighted by atomic mass is 79.9. The van der Waals surface area contributed by atoms with Crippen LogP contribution in [0.3, 0.4) is 0 Å². The molecule has 0 saturated carbocycles. The monoisotopic (exact) mass is 354 g/mol. The third-order valence-corrected chi connectivity index (χ3v) is 5.02. The van der Waals surface area contributed by atoms with Crippen LogP contribution in [-0.4, -0.2) is 11.0 Å². The molecule has 2 N–H and O–H groups in total. The number of hydrogen-bond donors (Lipinski definition) is 1. The number of nitrogens with two attached hydrogens (primary N) is 1. The van der Waals surface area contributed by atoms with E-state index in [1.807, 2.05) is 25.1 Å². The van der Waals surface area contributed by atoms with Crippen LogP contribution >= 0.6 is 27.7 Å². The Bertz CT molecular complexity index is 592. The molecule has 106 valence electrons. The fourth-order valence-corrected chi connectivity index (χ4v) is 3.23. The minimum absolute atomic E-state index is 0.0292. The van der Waals surface area contributed by atoms with Crippen LogP contribution in [0.1, 0.15) is 18.9 Å². The van der Waals surface area contributed by atoms with E-state index < -0.39 is 0 Å². The Morgan fingerprint density at radius 3 is 2.85 bits per heavy atom. The lowest BCUT2D eigenvalue weighted by atomic mass is 10.0. The molecule has 0 aliphatic heterocycles. The van der Waals surface area contributed by atoms with Crippen LogP contribution in [0.4, 0.5) is 4.39 Å². The van der Waals surface area contributed by atoms with Gasteiger partial charge < -0.3 is 5.73 Å². The smallest absolute Gasteiger partial charge is 0.127 e. The summed E-state index contributed by atoms with van der Waals surface area (Å²) < 4.78 is 15.0. The molecule has 1 heterocycles. The molecule has 0 aliphatic carbocycles. The van der Waals surface area contributed by atoms with Crippen molar-refractivity contribution in [1.82, 2.24) is 4.98 Å². The van der Waals surface area contributed by atoms with Gasteiger partial charge in [-0.1, -0.05) is 24.8 Å². The van der Waals surface area contributed by atoms with Crippen molar-refractivity contribution in [2.75, 3.05) is 0 Å². The second kappa shape index (κ2) is 7.20. The number of nitrogens with zero attached hydrogens (tertiary/aromatic N) is 1. The molecule has 0 radical (unpaired) electrons. The van der Waals surface area contributed by atoms with Crippen LogP contribution in [0, 0.1) is 5.82 Å². The van der Waals surface area contributed by atoms with Crippen LogP contribution in [-0.2, 0) is 6.42 Å². The summed E-state index contributed by atoms with van der Waals surface area (Å²) in [5.41, 5.74) is 6.64.